The highest BCUT2D eigenvalue weighted by Gasteiger charge is 2.23. The summed E-state index contributed by atoms with van der Waals surface area (Å²) in [5.74, 6) is 5.03. The van der Waals surface area contributed by atoms with E-state index < -0.39 is 0 Å². The summed E-state index contributed by atoms with van der Waals surface area (Å²) < 4.78 is 7.63. The van der Waals surface area contributed by atoms with E-state index >= 15 is 0 Å². The lowest BCUT2D eigenvalue weighted by molar-refractivity contribution is 0.726. The van der Waals surface area contributed by atoms with E-state index in [4.69, 9.17) is 0 Å². The van der Waals surface area contributed by atoms with Crippen molar-refractivity contribution in [3.63, 3.8) is 0 Å². The molecule has 290 valence electrons. The molecule has 6 heterocycles. The summed E-state index contributed by atoms with van der Waals surface area (Å²) in [6, 6.07) is 32.1. The Morgan fingerprint density at radius 3 is 1.63 bits per heavy atom. The van der Waals surface area contributed by atoms with Gasteiger partial charge in [0.2, 0.25) is 23.5 Å². The number of anilines is 2. The van der Waals surface area contributed by atoms with Gasteiger partial charge in [-0.05, 0) is 67.6 Å². The highest BCUT2D eigenvalue weighted by Crippen LogP contribution is 2.25. The van der Waals surface area contributed by atoms with Crippen molar-refractivity contribution in [1.29, 1.82) is 0 Å². The second-order valence-corrected chi connectivity index (χ2v) is 16.3. The third-order valence-electron chi connectivity index (χ3n) is 11.0. The Labute approximate surface area is 334 Å². The maximum absolute atomic E-state index is 13.4. The molecule has 0 amide bonds. The summed E-state index contributed by atoms with van der Waals surface area (Å²) in [4.78, 5) is 31.3. The number of hydrogen-bond donors (Lipinski definition) is 0. The summed E-state index contributed by atoms with van der Waals surface area (Å²) in [5, 5.41) is 19.4. The van der Waals surface area contributed by atoms with Gasteiger partial charge in [0.1, 0.15) is 0 Å². The molecule has 4 aromatic carbocycles. The van der Waals surface area contributed by atoms with E-state index in [2.05, 4.69) is 52.0 Å². The first-order valence-electron chi connectivity index (χ1n) is 19.9. The van der Waals surface area contributed by atoms with Crippen LogP contribution in [0.15, 0.2) is 107 Å². The Morgan fingerprint density at radius 2 is 1.04 bits per heavy atom. The first-order chi connectivity index (χ1) is 27.9. The zero-order valence-electron chi connectivity index (χ0n) is 32.4. The van der Waals surface area contributed by atoms with Crippen molar-refractivity contribution < 1.29 is 0 Å². The van der Waals surface area contributed by atoms with Crippen molar-refractivity contribution >= 4 is 57.0 Å². The Hall–Kier alpha value is -5.95. The number of hydrogen-bond acceptors (Lipinski definition) is 9. The molecule has 0 radical (unpaired) electrons. The standard InChI is InChI=1S/C23H25N5O.C21H21N5OS/c1-17-11-12-19-20(15-17)28-22(26-13-7-2-3-8-14-26)24-25-23(28)27(21(19)29)16-18-9-5-4-6-10-18;1-15-7-8-18-17(13-15)19(27)25(14-16-5-3-2-4-6-16)21-23-22-20(26(18)21)24-9-11-28-12-10-24/h4-6,9-12,15H,2-3,7-8,13-14,16H2,1H3;2-8,13H,9-12,14H2,1H3. The molecule has 8 aromatic rings. The summed E-state index contributed by atoms with van der Waals surface area (Å²) in [6.07, 6.45) is 4.84. The van der Waals surface area contributed by atoms with E-state index in [1.54, 1.807) is 9.13 Å². The predicted molar refractivity (Wildman–Crippen MR) is 230 cm³/mol. The minimum atomic E-state index is -0.0248. The maximum Gasteiger partial charge on any atom is 0.263 e. The molecule has 2 fully saturated rings. The van der Waals surface area contributed by atoms with Crippen LogP contribution in [0.1, 0.15) is 47.9 Å². The predicted octanol–water partition coefficient (Wildman–Crippen LogP) is 6.74. The Balaban J connectivity index is 0.000000148. The van der Waals surface area contributed by atoms with Crippen LogP contribution in [0.25, 0.3) is 33.4 Å². The lowest BCUT2D eigenvalue weighted by atomic mass is 10.1. The van der Waals surface area contributed by atoms with Crippen LogP contribution in [-0.2, 0) is 13.1 Å². The van der Waals surface area contributed by atoms with Crippen LogP contribution in [0.4, 0.5) is 11.9 Å². The van der Waals surface area contributed by atoms with E-state index in [-0.39, 0.29) is 11.1 Å². The summed E-state index contributed by atoms with van der Waals surface area (Å²) in [7, 11) is 0. The summed E-state index contributed by atoms with van der Waals surface area (Å²) in [6.45, 7) is 8.85. The number of aromatic nitrogens is 8. The molecule has 0 N–H and O–H groups in total. The molecule has 0 aliphatic carbocycles. The van der Waals surface area contributed by atoms with Gasteiger partial charge in [-0.2, -0.15) is 11.8 Å². The molecule has 0 unspecified atom stereocenters. The average Bonchev–Trinajstić information content (AvgIpc) is 3.79. The molecule has 10 rings (SSSR count). The zero-order valence-corrected chi connectivity index (χ0v) is 33.2. The van der Waals surface area contributed by atoms with Crippen LogP contribution in [0.5, 0.6) is 0 Å². The van der Waals surface area contributed by atoms with Crippen molar-refractivity contribution in [2.75, 3.05) is 47.5 Å². The first-order valence-corrected chi connectivity index (χ1v) is 21.0. The largest absolute Gasteiger partial charge is 0.341 e. The van der Waals surface area contributed by atoms with Gasteiger partial charge in [-0.15, -0.1) is 20.4 Å². The molecule has 57 heavy (non-hydrogen) atoms. The van der Waals surface area contributed by atoms with E-state index in [0.717, 1.165) is 95.7 Å². The van der Waals surface area contributed by atoms with Crippen LogP contribution >= 0.6 is 11.8 Å². The first kappa shape index (κ1) is 36.7. The molecular formula is C44H46N10O2S. The van der Waals surface area contributed by atoms with Crippen molar-refractivity contribution in [3.8, 4) is 0 Å². The number of rotatable bonds is 6. The van der Waals surface area contributed by atoms with Crippen LogP contribution in [0.2, 0.25) is 0 Å². The fourth-order valence-corrected chi connectivity index (χ4v) is 8.98. The quantitative estimate of drug-likeness (QED) is 0.181. The summed E-state index contributed by atoms with van der Waals surface area (Å²) >= 11 is 1.96. The van der Waals surface area contributed by atoms with E-state index in [9.17, 15) is 9.59 Å². The molecule has 0 saturated carbocycles. The molecule has 0 spiro atoms. The maximum atomic E-state index is 13.4. The van der Waals surface area contributed by atoms with Crippen molar-refractivity contribution in [2.45, 2.75) is 52.6 Å². The third kappa shape index (κ3) is 7.16. The van der Waals surface area contributed by atoms with Crippen LogP contribution in [-0.4, -0.2) is 76.0 Å². The topological polar surface area (TPSA) is 111 Å². The lowest BCUT2D eigenvalue weighted by Gasteiger charge is -2.26. The Morgan fingerprint density at radius 1 is 0.526 bits per heavy atom. The molecule has 13 heteroatoms. The fourth-order valence-electron chi connectivity index (χ4n) is 8.07. The van der Waals surface area contributed by atoms with Crippen LogP contribution < -0.4 is 20.9 Å². The van der Waals surface area contributed by atoms with Crippen molar-refractivity contribution in [2.24, 2.45) is 0 Å². The molecular weight excluding hydrogens is 733 g/mol. The van der Waals surface area contributed by atoms with E-state index in [1.165, 1.54) is 12.8 Å². The van der Waals surface area contributed by atoms with Gasteiger partial charge >= 0.3 is 0 Å². The van der Waals surface area contributed by atoms with Gasteiger partial charge < -0.3 is 9.80 Å². The number of nitrogens with zero attached hydrogens (tertiary/aromatic N) is 10. The van der Waals surface area contributed by atoms with E-state index in [0.29, 0.717) is 35.4 Å². The van der Waals surface area contributed by atoms with Crippen LogP contribution in [0, 0.1) is 13.8 Å². The molecule has 12 nitrogen and oxygen atoms in total. The van der Waals surface area contributed by atoms with Gasteiger partial charge in [-0.25, -0.2) is 8.80 Å². The average molecular weight is 779 g/mol. The van der Waals surface area contributed by atoms with E-state index in [1.807, 2.05) is 110 Å². The summed E-state index contributed by atoms with van der Waals surface area (Å²) in [5.41, 5.74) is 6.04. The van der Waals surface area contributed by atoms with Crippen LogP contribution in [0.3, 0.4) is 0 Å². The van der Waals surface area contributed by atoms with Gasteiger partial charge in [0.05, 0.1) is 34.9 Å². The Bertz CT molecular complexity index is 2810. The lowest BCUT2D eigenvalue weighted by Crippen LogP contribution is -2.34. The SMILES string of the molecule is Cc1ccc2c(=O)n(Cc3ccccc3)c3nnc(N4CCCCCC4)n3c2c1.Cc1ccc2c(c1)c(=O)n(Cc1ccccc1)c1nnc(N3CCSCC3)n21. The number of aryl methyl sites for hydroxylation is 2. The second kappa shape index (κ2) is 15.9. The molecule has 4 aromatic heterocycles. The fraction of sp³-hybridized carbons (Fsp3) is 0.318. The molecule has 2 aliphatic heterocycles. The molecule has 2 aliphatic rings. The number of thioether (sulfide) groups is 1. The molecule has 0 atom stereocenters. The van der Waals surface area contributed by atoms with Gasteiger partial charge in [-0.3, -0.25) is 18.7 Å². The molecule has 2 saturated heterocycles. The second-order valence-electron chi connectivity index (χ2n) is 15.1. The van der Waals surface area contributed by atoms with Crippen molar-refractivity contribution in [1.82, 2.24) is 38.3 Å². The van der Waals surface area contributed by atoms with Gasteiger partial charge in [0, 0.05) is 37.7 Å². The minimum Gasteiger partial charge on any atom is -0.341 e. The third-order valence-corrected chi connectivity index (χ3v) is 12.0. The van der Waals surface area contributed by atoms with Gasteiger partial charge in [0.25, 0.3) is 11.1 Å². The zero-order chi connectivity index (χ0) is 38.9. The molecule has 0 bridgehead atoms. The highest BCUT2D eigenvalue weighted by atomic mass is 32.2. The normalized spacial score (nSPS) is 15.0. The minimum absolute atomic E-state index is 0.0221. The van der Waals surface area contributed by atoms with Crippen molar-refractivity contribution in [3.05, 3.63) is 140 Å². The number of benzene rings is 4. The monoisotopic (exact) mass is 778 g/mol. The van der Waals surface area contributed by atoms with Gasteiger partial charge in [0.15, 0.2) is 0 Å². The van der Waals surface area contributed by atoms with Gasteiger partial charge in [-0.1, -0.05) is 91.2 Å². The number of fused-ring (bicyclic) bond motifs is 6. The Kier molecular flexibility index (Phi) is 10.2. The highest BCUT2D eigenvalue weighted by molar-refractivity contribution is 7.99. The smallest absolute Gasteiger partial charge is 0.263 e.